The van der Waals surface area contributed by atoms with Gasteiger partial charge in [-0.15, -0.1) is 0 Å². The van der Waals surface area contributed by atoms with Crippen LogP contribution in [0.1, 0.15) is 49.8 Å². The van der Waals surface area contributed by atoms with Crippen LogP contribution in [0.3, 0.4) is 0 Å². The minimum absolute atomic E-state index is 0.116. The van der Waals surface area contributed by atoms with Crippen LogP contribution in [0.4, 0.5) is 11.4 Å². The maximum absolute atomic E-state index is 14.0. The average molecular weight is 528 g/mol. The third-order valence-corrected chi connectivity index (χ3v) is 8.42. The van der Waals surface area contributed by atoms with Crippen LogP contribution in [0.2, 0.25) is 0 Å². The van der Waals surface area contributed by atoms with E-state index >= 15 is 0 Å². The molecule has 0 bridgehead atoms. The van der Waals surface area contributed by atoms with E-state index in [4.69, 9.17) is 4.74 Å². The Labute approximate surface area is 234 Å². The van der Waals surface area contributed by atoms with Gasteiger partial charge in [0.1, 0.15) is 5.75 Å². The molecule has 5 nitrogen and oxygen atoms in total. The number of ketones is 1. The number of para-hydroxylation sites is 3. The average Bonchev–Trinajstić information content (AvgIpc) is 3.19. The fraction of sp³-hybridized carbons (Fsp3) is 0.229. The third-order valence-electron chi connectivity index (χ3n) is 8.42. The Balaban J connectivity index is 1.34. The number of hydrogen-bond acceptors (Lipinski definition) is 4. The highest BCUT2D eigenvalue weighted by Crippen LogP contribution is 2.45. The summed E-state index contributed by atoms with van der Waals surface area (Å²) in [5, 5.41) is 9.89. The summed E-state index contributed by atoms with van der Waals surface area (Å²) < 4.78 is 8.01. The van der Waals surface area contributed by atoms with E-state index in [0.717, 1.165) is 46.9 Å². The Morgan fingerprint density at radius 3 is 2.33 bits per heavy atom. The third kappa shape index (κ3) is 4.04. The summed E-state index contributed by atoms with van der Waals surface area (Å²) in [6.45, 7) is 5.72. The van der Waals surface area contributed by atoms with Gasteiger partial charge in [-0.25, -0.2) is 0 Å². The number of aromatic nitrogens is 1. The van der Waals surface area contributed by atoms with E-state index in [0.29, 0.717) is 13.0 Å². The molecule has 0 fully saturated rings. The lowest BCUT2D eigenvalue weighted by molar-refractivity contribution is -0.116. The van der Waals surface area contributed by atoms with E-state index in [9.17, 15) is 4.79 Å². The first kappa shape index (κ1) is 24.5. The first-order valence-corrected chi connectivity index (χ1v) is 14.3. The first-order chi connectivity index (χ1) is 19.6. The van der Waals surface area contributed by atoms with Gasteiger partial charge in [0.2, 0.25) is 0 Å². The van der Waals surface area contributed by atoms with Gasteiger partial charge in [-0.2, -0.15) is 0 Å². The zero-order valence-electron chi connectivity index (χ0n) is 22.9. The van der Waals surface area contributed by atoms with Crippen molar-refractivity contribution in [2.45, 2.75) is 45.2 Å². The Morgan fingerprint density at radius 1 is 0.800 bits per heavy atom. The maximum Gasteiger partial charge on any atom is 0.163 e. The van der Waals surface area contributed by atoms with Gasteiger partial charge < -0.3 is 19.9 Å². The van der Waals surface area contributed by atoms with Crippen LogP contribution in [0, 0.1) is 0 Å². The molecule has 0 amide bonds. The molecule has 40 heavy (non-hydrogen) atoms. The number of allylic oxidation sites excluding steroid dienone is 1. The Morgan fingerprint density at radius 2 is 1.52 bits per heavy atom. The molecule has 5 heteroatoms. The molecule has 0 radical (unpaired) electrons. The number of ether oxygens (including phenoxy) is 1. The second-order valence-corrected chi connectivity index (χ2v) is 10.7. The maximum atomic E-state index is 14.0. The number of anilines is 2. The molecule has 2 atom stereocenters. The standard InChI is InChI=1S/C35H33N3O2/c1-3-38-31-12-8-5-9-26(31)27-19-23(15-18-32(27)38)35-34-30(36-28-10-6-7-11-29(28)37-35)20-24(21-33(34)39)22-13-16-25(17-14-22)40-4-2/h5-19,24,35-37H,3-4,20-21H2,1-2H3. The predicted molar refractivity (Wildman–Crippen MR) is 163 cm³/mol. The number of benzene rings is 4. The minimum atomic E-state index is -0.243. The van der Waals surface area contributed by atoms with Crippen molar-refractivity contribution in [3.63, 3.8) is 0 Å². The monoisotopic (exact) mass is 527 g/mol. The van der Waals surface area contributed by atoms with E-state index < -0.39 is 0 Å². The highest BCUT2D eigenvalue weighted by Gasteiger charge is 2.36. The number of fused-ring (bicyclic) bond motifs is 4. The Bertz CT molecular complexity index is 1780. The van der Waals surface area contributed by atoms with Crippen molar-refractivity contribution in [2.75, 3.05) is 17.2 Å². The van der Waals surface area contributed by atoms with Gasteiger partial charge >= 0.3 is 0 Å². The lowest BCUT2D eigenvalue weighted by Crippen LogP contribution is -2.26. The molecule has 1 aliphatic carbocycles. The van der Waals surface area contributed by atoms with Gasteiger partial charge in [-0.05, 0) is 79.8 Å². The predicted octanol–water partition coefficient (Wildman–Crippen LogP) is 8.19. The molecule has 2 heterocycles. The van der Waals surface area contributed by atoms with Crippen molar-refractivity contribution < 1.29 is 9.53 Å². The van der Waals surface area contributed by atoms with Crippen molar-refractivity contribution in [3.8, 4) is 5.75 Å². The molecule has 5 aromatic rings. The molecule has 1 aromatic heterocycles. The summed E-state index contributed by atoms with van der Waals surface area (Å²) in [7, 11) is 0. The van der Waals surface area contributed by atoms with E-state index in [1.807, 2.05) is 31.2 Å². The highest BCUT2D eigenvalue weighted by molar-refractivity contribution is 6.08. The van der Waals surface area contributed by atoms with Gasteiger partial charge in [0.25, 0.3) is 0 Å². The van der Waals surface area contributed by atoms with Gasteiger partial charge in [-0.1, -0.05) is 48.5 Å². The molecule has 200 valence electrons. The topological polar surface area (TPSA) is 55.3 Å². The zero-order valence-corrected chi connectivity index (χ0v) is 22.9. The van der Waals surface area contributed by atoms with E-state index in [-0.39, 0.29) is 17.7 Å². The fourth-order valence-electron chi connectivity index (χ4n) is 6.57. The van der Waals surface area contributed by atoms with E-state index in [1.54, 1.807) is 0 Å². The molecular weight excluding hydrogens is 494 g/mol. The molecule has 0 spiro atoms. The molecule has 2 N–H and O–H groups in total. The van der Waals surface area contributed by atoms with Gasteiger partial charge in [-0.3, -0.25) is 4.79 Å². The lowest BCUT2D eigenvalue weighted by atomic mass is 9.78. The van der Waals surface area contributed by atoms with Crippen LogP contribution in [0.5, 0.6) is 5.75 Å². The normalized spacial score (nSPS) is 18.6. The van der Waals surface area contributed by atoms with Crippen LogP contribution in [-0.4, -0.2) is 17.0 Å². The van der Waals surface area contributed by atoms with Gasteiger partial charge in [0.05, 0.1) is 24.0 Å². The van der Waals surface area contributed by atoms with Crippen molar-refractivity contribution in [1.82, 2.24) is 4.57 Å². The molecule has 7 rings (SSSR count). The lowest BCUT2D eigenvalue weighted by Gasteiger charge is -2.30. The van der Waals surface area contributed by atoms with Gasteiger partial charge in [0, 0.05) is 46.0 Å². The summed E-state index contributed by atoms with van der Waals surface area (Å²) in [6, 6.07) is 31.5. The number of carbonyl (C=O) groups is 1. The second kappa shape index (κ2) is 9.91. The summed E-state index contributed by atoms with van der Waals surface area (Å²) in [6.07, 6.45) is 1.26. The second-order valence-electron chi connectivity index (χ2n) is 10.7. The van der Waals surface area contributed by atoms with E-state index in [1.165, 1.54) is 27.4 Å². The number of aryl methyl sites for hydroxylation is 1. The SMILES string of the molecule is CCOc1ccc(C2CC(=O)C3=C(C2)Nc2ccccc2NC3c2ccc3c(c2)c2ccccc2n3CC)cc1. The zero-order chi connectivity index (χ0) is 27.2. The molecule has 1 aliphatic heterocycles. The van der Waals surface area contributed by atoms with Crippen LogP contribution >= 0.6 is 0 Å². The van der Waals surface area contributed by atoms with Crippen molar-refractivity contribution in [1.29, 1.82) is 0 Å². The molecule has 4 aromatic carbocycles. The van der Waals surface area contributed by atoms with Crippen LogP contribution in [0.25, 0.3) is 21.8 Å². The number of nitrogens with zero attached hydrogens (tertiary/aromatic N) is 1. The smallest absolute Gasteiger partial charge is 0.163 e. The Hall–Kier alpha value is -4.51. The molecule has 0 saturated carbocycles. The fourth-order valence-corrected chi connectivity index (χ4v) is 6.57. The largest absolute Gasteiger partial charge is 0.494 e. The molecule has 2 aliphatic rings. The quantitative estimate of drug-likeness (QED) is 0.242. The molecule has 2 unspecified atom stereocenters. The summed E-state index contributed by atoms with van der Waals surface area (Å²) in [5.74, 6) is 1.17. The minimum Gasteiger partial charge on any atom is -0.494 e. The number of rotatable bonds is 5. The molecular formula is C35H33N3O2. The number of Topliss-reactive ketones (excluding diaryl/α,β-unsaturated/α-hetero) is 1. The van der Waals surface area contributed by atoms with E-state index in [2.05, 4.69) is 88.9 Å². The number of hydrogen-bond donors (Lipinski definition) is 2. The summed E-state index contributed by atoms with van der Waals surface area (Å²) in [5.41, 5.74) is 8.59. The first-order valence-electron chi connectivity index (χ1n) is 14.3. The van der Waals surface area contributed by atoms with Crippen LogP contribution in [-0.2, 0) is 11.3 Å². The van der Waals surface area contributed by atoms with Crippen LogP contribution < -0.4 is 15.4 Å². The summed E-state index contributed by atoms with van der Waals surface area (Å²) in [4.78, 5) is 14.0. The highest BCUT2D eigenvalue weighted by atomic mass is 16.5. The number of nitrogens with one attached hydrogen (secondary N) is 2. The van der Waals surface area contributed by atoms with Crippen LogP contribution in [0.15, 0.2) is 102 Å². The van der Waals surface area contributed by atoms with Crippen molar-refractivity contribution >= 4 is 39.0 Å². The van der Waals surface area contributed by atoms with Crippen molar-refractivity contribution in [3.05, 3.63) is 113 Å². The Kier molecular flexibility index (Phi) is 6.07. The van der Waals surface area contributed by atoms with Crippen molar-refractivity contribution in [2.24, 2.45) is 0 Å². The summed E-state index contributed by atoms with van der Waals surface area (Å²) >= 11 is 0. The number of carbonyl (C=O) groups excluding carboxylic acids is 1. The van der Waals surface area contributed by atoms with Gasteiger partial charge in [0.15, 0.2) is 5.78 Å². The molecule has 0 saturated heterocycles.